The first-order valence-corrected chi connectivity index (χ1v) is 10.00. The van der Waals surface area contributed by atoms with Gasteiger partial charge in [-0.1, -0.05) is 36.4 Å². The number of ether oxygens (including phenoxy) is 4. The van der Waals surface area contributed by atoms with Gasteiger partial charge in [0, 0.05) is 6.42 Å². The third kappa shape index (κ3) is 5.28. The number of hydrogen-bond acceptors (Lipinski definition) is 6. The Morgan fingerprint density at radius 3 is 2.59 bits per heavy atom. The molecule has 6 nitrogen and oxygen atoms in total. The van der Waals surface area contributed by atoms with E-state index in [1.165, 1.54) is 0 Å². The van der Waals surface area contributed by atoms with E-state index in [9.17, 15) is 9.90 Å². The lowest BCUT2D eigenvalue weighted by atomic mass is 9.89. The molecule has 0 aromatic heterocycles. The largest absolute Gasteiger partial charge is 0.493 e. The van der Waals surface area contributed by atoms with Crippen LogP contribution < -0.4 is 9.47 Å². The van der Waals surface area contributed by atoms with E-state index >= 15 is 0 Å². The van der Waals surface area contributed by atoms with Crippen LogP contribution in [0.2, 0.25) is 0 Å². The Morgan fingerprint density at radius 2 is 1.93 bits per heavy atom. The van der Waals surface area contributed by atoms with Gasteiger partial charge in [-0.3, -0.25) is 4.79 Å². The highest BCUT2D eigenvalue weighted by Crippen LogP contribution is 2.37. The molecule has 0 spiro atoms. The minimum absolute atomic E-state index is 0.242. The van der Waals surface area contributed by atoms with Crippen LogP contribution in [0.4, 0.5) is 0 Å². The summed E-state index contributed by atoms with van der Waals surface area (Å²) in [5.74, 6) is -0.287. The zero-order valence-corrected chi connectivity index (χ0v) is 16.9. The molecule has 0 aliphatic carbocycles. The molecule has 2 aromatic rings. The number of esters is 1. The molecule has 1 saturated heterocycles. The van der Waals surface area contributed by atoms with Gasteiger partial charge in [0.2, 0.25) is 0 Å². The Hall–Kier alpha value is -2.57. The van der Waals surface area contributed by atoms with Crippen molar-refractivity contribution in [3.05, 3.63) is 59.7 Å². The molecular weight excluding hydrogens is 372 g/mol. The van der Waals surface area contributed by atoms with E-state index in [2.05, 4.69) is 0 Å². The molecule has 3 rings (SSSR count). The molecule has 1 fully saturated rings. The SMILES string of the molecule is CCOC(=O)C(c1ccccc1)C(O)c1ccc(OC2CCCCO2)c(OC)c1. The second-order valence-corrected chi connectivity index (χ2v) is 6.91. The highest BCUT2D eigenvalue weighted by Gasteiger charge is 2.31. The Morgan fingerprint density at radius 1 is 1.14 bits per heavy atom. The van der Waals surface area contributed by atoms with E-state index in [1.54, 1.807) is 44.4 Å². The molecular formula is C23H28O6. The van der Waals surface area contributed by atoms with Crippen molar-refractivity contribution in [1.82, 2.24) is 0 Å². The predicted octanol–water partition coefficient (Wildman–Crippen LogP) is 3.98. The molecule has 29 heavy (non-hydrogen) atoms. The van der Waals surface area contributed by atoms with E-state index in [4.69, 9.17) is 18.9 Å². The van der Waals surface area contributed by atoms with E-state index < -0.39 is 18.0 Å². The normalized spacial score (nSPS) is 18.5. The second-order valence-electron chi connectivity index (χ2n) is 6.91. The average molecular weight is 400 g/mol. The number of methoxy groups -OCH3 is 1. The van der Waals surface area contributed by atoms with Crippen LogP contribution in [-0.2, 0) is 14.3 Å². The third-order valence-electron chi connectivity index (χ3n) is 4.94. The molecule has 2 aromatic carbocycles. The van der Waals surface area contributed by atoms with Gasteiger partial charge in [-0.15, -0.1) is 0 Å². The average Bonchev–Trinajstić information content (AvgIpc) is 2.76. The van der Waals surface area contributed by atoms with Crippen molar-refractivity contribution in [2.24, 2.45) is 0 Å². The quantitative estimate of drug-likeness (QED) is 0.676. The van der Waals surface area contributed by atoms with E-state index in [0.717, 1.165) is 19.3 Å². The minimum Gasteiger partial charge on any atom is -0.493 e. The summed E-state index contributed by atoms with van der Waals surface area (Å²) in [6.07, 6.45) is 1.53. The number of aliphatic hydroxyl groups is 1. The summed E-state index contributed by atoms with van der Waals surface area (Å²) in [6, 6.07) is 14.3. The summed E-state index contributed by atoms with van der Waals surface area (Å²) in [4.78, 5) is 12.6. The molecule has 3 atom stereocenters. The fourth-order valence-electron chi connectivity index (χ4n) is 3.44. The first-order chi connectivity index (χ1) is 14.1. The number of benzene rings is 2. The van der Waals surface area contributed by atoms with Crippen molar-refractivity contribution in [1.29, 1.82) is 0 Å². The van der Waals surface area contributed by atoms with Gasteiger partial charge in [-0.2, -0.15) is 0 Å². The fraction of sp³-hybridized carbons (Fsp3) is 0.435. The summed E-state index contributed by atoms with van der Waals surface area (Å²) < 4.78 is 22.2. The predicted molar refractivity (Wildman–Crippen MR) is 108 cm³/mol. The Balaban J connectivity index is 1.85. The van der Waals surface area contributed by atoms with Crippen LogP contribution in [0.1, 0.15) is 49.3 Å². The van der Waals surface area contributed by atoms with Gasteiger partial charge in [-0.25, -0.2) is 0 Å². The standard InChI is InChI=1S/C23H28O6/c1-3-27-23(25)21(16-9-5-4-6-10-16)22(24)17-12-13-18(19(15-17)26-2)29-20-11-7-8-14-28-20/h4-6,9-10,12-13,15,20-22,24H,3,7-8,11,14H2,1-2H3. The molecule has 6 heteroatoms. The first kappa shape index (κ1) is 21.1. The number of rotatable bonds is 8. The van der Waals surface area contributed by atoms with Crippen molar-refractivity contribution in [3.63, 3.8) is 0 Å². The van der Waals surface area contributed by atoms with Gasteiger partial charge in [0.05, 0.1) is 26.4 Å². The lowest BCUT2D eigenvalue weighted by molar-refractivity contribution is -0.148. The highest BCUT2D eigenvalue weighted by atomic mass is 16.7. The number of carbonyl (C=O) groups excluding carboxylic acids is 1. The van der Waals surface area contributed by atoms with Gasteiger partial charge >= 0.3 is 5.97 Å². The summed E-state index contributed by atoms with van der Waals surface area (Å²) in [6.45, 7) is 2.67. The van der Waals surface area contributed by atoms with Crippen molar-refractivity contribution >= 4 is 5.97 Å². The minimum atomic E-state index is -1.09. The van der Waals surface area contributed by atoms with Crippen LogP contribution in [0.15, 0.2) is 48.5 Å². The third-order valence-corrected chi connectivity index (χ3v) is 4.94. The summed E-state index contributed by atoms with van der Waals surface area (Å²) in [5, 5.41) is 11.0. The monoisotopic (exact) mass is 400 g/mol. The van der Waals surface area contributed by atoms with Gasteiger partial charge in [-0.05, 0) is 43.0 Å². The van der Waals surface area contributed by atoms with Crippen molar-refractivity contribution < 1.29 is 28.8 Å². The van der Waals surface area contributed by atoms with Crippen LogP contribution in [0, 0.1) is 0 Å². The lowest BCUT2D eigenvalue weighted by Crippen LogP contribution is -2.25. The van der Waals surface area contributed by atoms with Gasteiger partial charge < -0.3 is 24.1 Å². The zero-order valence-electron chi connectivity index (χ0n) is 16.9. The van der Waals surface area contributed by atoms with Crippen LogP contribution >= 0.6 is 0 Å². The molecule has 1 aliphatic heterocycles. The van der Waals surface area contributed by atoms with Gasteiger partial charge in [0.1, 0.15) is 5.92 Å². The summed E-state index contributed by atoms with van der Waals surface area (Å²) >= 11 is 0. The van der Waals surface area contributed by atoms with Crippen LogP contribution in [-0.4, -0.2) is 37.7 Å². The molecule has 1 N–H and O–H groups in total. The van der Waals surface area contributed by atoms with Crippen molar-refractivity contribution in [2.75, 3.05) is 20.3 Å². The first-order valence-electron chi connectivity index (χ1n) is 10.00. The maximum atomic E-state index is 12.6. The van der Waals surface area contributed by atoms with Crippen molar-refractivity contribution in [3.8, 4) is 11.5 Å². The van der Waals surface area contributed by atoms with E-state index in [0.29, 0.717) is 29.2 Å². The number of hydrogen-bond donors (Lipinski definition) is 1. The fourth-order valence-corrected chi connectivity index (χ4v) is 3.44. The Labute approximate surface area is 171 Å². The van der Waals surface area contributed by atoms with Gasteiger partial charge in [0.25, 0.3) is 0 Å². The number of aliphatic hydroxyl groups excluding tert-OH is 1. The molecule has 0 bridgehead atoms. The molecule has 3 unspecified atom stereocenters. The zero-order chi connectivity index (χ0) is 20.6. The van der Waals surface area contributed by atoms with Crippen molar-refractivity contribution in [2.45, 2.75) is 44.5 Å². The van der Waals surface area contributed by atoms with E-state index in [1.807, 2.05) is 18.2 Å². The molecule has 1 aliphatic rings. The maximum absolute atomic E-state index is 12.6. The molecule has 0 radical (unpaired) electrons. The maximum Gasteiger partial charge on any atom is 0.316 e. The smallest absolute Gasteiger partial charge is 0.316 e. The summed E-state index contributed by atoms with van der Waals surface area (Å²) in [7, 11) is 1.54. The van der Waals surface area contributed by atoms with Crippen LogP contribution in [0.5, 0.6) is 11.5 Å². The van der Waals surface area contributed by atoms with Gasteiger partial charge in [0.15, 0.2) is 17.8 Å². The van der Waals surface area contributed by atoms with Crippen LogP contribution in [0.25, 0.3) is 0 Å². The van der Waals surface area contributed by atoms with E-state index in [-0.39, 0.29) is 12.9 Å². The summed E-state index contributed by atoms with van der Waals surface area (Å²) in [5.41, 5.74) is 1.23. The second kappa shape index (κ2) is 10.3. The topological polar surface area (TPSA) is 74.2 Å². The molecule has 0 saturated carbocycles. The molecule has 1 heterocycles. The van der Waals surface area contributed by atoms with Crippen LogP contribution in [0.3, 0.4) is 0 Å². The molecule has 156 valence electrons. The highest BCUT2D eigenvalue weighted by molar-refractivity contribution is 5.79. The molecule has 0 amide bonds. The lowest BCUT2D eigenvalue weighted by Gasteiger charge is -2.25. The Kier molecular flexibility index (Phi) is 7.49. The Bertz CT molecular complexity index is 785. The number of carbonyl (C=O) groups is 1.